The van der Waals surface area contributed by atoms with Crippen LogP contribution in [0.1, 0.15) is 5.56 Å². The maximum Gasteiger partial charge on any atom is 0.418 e. The van der Waals surface area contributed by atoms with E-state index < -0.39 is 23.2 Å². The zero-order valence-corrected chi connectivity index (χ0v) is 8.49. The largest absolute Gasteiger partial charge is 0.418 e. The van der Waals surface area contributed by atoms with Gasteiger partial charge in [0.1, 0.15) is 5.69 Å². The summed E-state index contributed by atoms with van der Waals surface area (Å²) in [7, 11) is 0. The van der Waals surface area contributed by atoms with Gasteiger partial charge in [0.2, 0.25) is 6.08 Å². The molecule has 2 nitrogen and oxygen atoms in total. The summed E-state index contributed by atoms with van der Waals surface area (Å²) in [5.74, 6) is -1.24. The van der Waals surface area contributed by atoms with Gasteiger partial charge in [0.25, 0.3) is 0 Å². The van der Waals surface area contributed by atoms with Gasteiger partial charge >= 0.3 is 6.18 Å². The van der Waals surface area contributed by atoms with Crippen LogP contribution in [0, 0.1) is 5.82 Å². The van der Waals surface area contributed by atoms with Gasteiger partial charge in [-0.25, -0.2) is 9.18 Å². The Balaban J connectivity index is 3.54. The minimum Gasteiger partial charge on any atom is -0.211 e. The molecule has 0 saturated carbocycles. The van der Waals surface area contributed by atoms with Gasteiger partial charge in [-0.15, -0.1) is 0 Å². The monoisotopic (exact) mass is 283 g/mol. The number of halogens is 5. The molecule has 0 atom stereocenters. The molecule has 7 heteroatoms. The fraction of sp³-hybridized carbons (Fsp3) is 0.125. The van der Waals surface area contributed by atoms with Gasteiger partial charge in [-0.2, -0.15) is 18.2 Å². The Morgan fingerprint density at radius 3 is 2.40 bits per heavy atom. The average molecular weight is 284 g/mol. The number of carbonyl (C=O) groups excluding carboxylic acids is 1. The zero-order valence-electron chi connectivity index (χ0n) is 6.90. The van der Waals surface area contributed by atoms with Crippen LogP contribution < -0.4 is 0 Å². The predicted octanol–water partition coefficient (Wildman–Crippen LogP) is 3.57. The van der Waals surface area contributed by atoms with E-state index in [1.807, 2.05) is 0 Å². The predicted molar refractivity (Wildman–Crippen MR) is 46.9 cm³/mol. The third-order valence-corrected chi connectivity index (χ3v) is 1.95. The molecule has 0 bridgehead atoms. The second-order valence-electron chi connectivity index (χ2n) is 2.48. The van der Waals surface area contributed by atoms with E-state index in [9.17, 15) is 22.4 Å². The molecule has 0 aliphatic heterocycles. The lowest BCUT2D eigenvalue weighted by molar-refractivity contribution is -0.137. The molecule has 0 unspecified atom stereocenters. The van der Waals surface area contributed by atoms with Crippen molar-refractivity contribution >= 4 is 27.7 Å². The highest BCUT2D eigenvalue weighted by Gasteiger charge is 2.35. The number of benzene rings is 1. The van der Waals surface area contributed by atoms with Crippen molar-refractivity contribution in [2.24, 2.45) is 4.99 Å². The summed E-state index contributed by atoms with van der Waals surface area (Å²) in [6.07, 6.45) is -3.90. The van der Waals surface area contributed by atoms with E-state index in [4.69, 9.17) is 0 Å². The standard InChI is InChI=1S/C8H2BrF4NO/c9-4-1-5(8(11,12)13)7(14-3-15)6(10)2-4/h1-2H. The second-order valence-corrected chi connectivity index (χ2v) is 3.40. The maximum absolute atomic E-state index is 13.0. The number of aliphatic imine (C=N–C) groups is 1. The smallest absolute Gasteiger partial charge is 0.211 e. The van der Waals surface area contributed by atoms with Gasteiger partial charge in [0.15, 0.2) is 5.82 Å². The molecule has 0 fully saturated rings. The number of hydrogen-bond acceptors (Lipinski definition) is 2. The molecule has 0 heterocycles. The summed E-state index contributed by atoms with van der Waals surface area (Å²) in [5, 5.41) is 0. The van der Waals surface area contributed by atoms with Crippen LogP contribution in [0.3, 0.4) is 0 Å². The first-order chi connectivity index (χ1) is 6.86. The Hall–Kier alpha value is -1.20. The van der Waals surface area contributed by atoms with Crippen molar-refractivity contribution in [2.45, 2.75) is 6.18 Å². The molecule has 80 valence electrons. The molecule has 0 amide bonds. The molecular formula is C8H2BrF4NO. The van der Waals surface area contributed by atoms with Crippen molar-refractivity contribution in [1.29, 1.82) is 0 Å². The average Bonchev–Trinajstić information content (AvgIpc) is 2.07. The molecule has 0 aliphatic carbocycles. The number of hydrogen-bond donors (Lipinski definition) is 0. The van der Waals surface area contributed by atoms with Gasteiger partial charge < -0.3 is 0 Å². The lowest BCUT2D eigenvalue weighted by atomic mass is 10.1. The Bertz CT molecular complexity index is 437. The zero-order chi connectivity index (χ0) is 11.6. The summed E-state index contributed by atoms with van der Waals surface area (Å²) in [4.78, 5) is 12.5. The Morgan fingerprint density at radius 2 is 1.93 bits per heavy atom. The Labute approximate surface area is 89.7 Å². The van der Waals surface area contributed by atoms with Crippen LogP contribution in [-0.4, -0.2) is 6.08 Å². The third-order valence-electron chi connectivity index (χ3n) is 1.49. The molecular weight excluding hydrogens is 282 g/mol. The van der Waals surface area contributed by atoms with E-state index in [-0.39, 0.29) is 4.47 Å². The summed E-state index contributed by atoms with van der Waals surface area (Å²) < 4.78 is 50.0. The molecule has 0 spiro atoms. The van der Waals surface area contributed by atoms with Crippen LogP contribution in [0.5, 0.6) is 0 Å². The van der Waals surface area contributed by atoms with Crippen molar-refractivity contribution in [2.75, 3.05) is 0 Å². The molecule has 0 radical (unpaired) electrons. The van der Waals surface area contributed by atoms with Gasteiger partial charge in [-0.05, 0) is 12.1 Å². The molecule has 0 saturated heterocycles. The molecule has 15 heavy (non-hydrogen) atoms. The van der Waals surface area contributed by atoms with Gasteiger partial charge in [-0.1, -0.05) is 15.9 Å². The SMILES string of the molecule is O=C=Nc1c(F)cc(Br)cc1C(F)(F)F. The Morgan fingerprint density at radius 1 is 1.33 bits per heavy atom. The van der Waals surface area contributed by atoms with E-state index in [1.54, 1.807) is 0 Å². The number of isocyanates is 1. The van der Waals surface area contributed by atoms with E-state index >= 15 is 0 Å². The van der Waals surface area contributed by atoms with Crippen molar-refractivity contribution in [3.05, 3.63) is 28.0 Å². The minimum atomic E-state index is -4.78. The topological polar surface area (TPSA) is 29.4 Å². The molecule has 0 N–H and O–H groups in total. The summed E-state index contributed by atoms with van der Waals surface area (Å²) in [6, 6.07) is 1.42. The molecule has 1 aromatic rings. The highest BCUT2D eigenvalue weighted by atomic mass is 79.9. The number of alkyl halides is 3. The lowest BCUT2D eigenvalue weighted by Crippen LogP contribution is -2.06. The van der Waals surface area contributed by atoms with Crippen molar-refractivity contribution in [1.82, 2.24) is 0 Å². The fourth-order valence-corrected chi connectivity index (χ4v) is 1.37. The van der Waals surface area contributed by atoms with Crippen molar-refractivity contribution in [3.8, 4) is 0 Å². The van der Waals surface area contributed by atoms with Gasteiger partial charge in [-0.3, -0.25) is 0 Å². The first kappa shape index (κ1) is 11.9. The van der Waals surface area contributed by atoms with Crippen molar-refractivity contribution in [3.63, 3.8) is 0 Å². The van der Waals surface area contributed by atoms with Crippen LogP contribution in [0.4, 0.5) is 23.2 Å². The minimum absolute atomic E-state index is 0.0860. The Kier molecular flexibility index (Phi) is 3.26. The number of nitrogens with zero attached hydrogens (tertiary/aromatic N) is 1. The summed E-state index contributed by atoms with van der Waals surface area (Å²) in [6.45, 7) is 0. The van der Waals surface area contributed by atoms with Gasteiger partial charge in [0.05, 0.1) is 5.56 Å². The highest BCUT2D eigenvalue weighted by molar-refractivity contribution is 9.10. The van der Waals surface area contributed by atoms with E-state index in [0.717, 1.165) is 12.1 Å². The number of rotatable bonds is 1. The summed E-state index contributed by atoms with van der Waals surface area (Å²) >= 11 is 2.71. The van der Waals surface area contributed by atoms with Gasteiger partial charge in [0, 0.05) is 4.47 Å². The van der Waals surface area contributed by atoms with Crippen LogP contribution in [-0.2, 0) is 11.0 Å². The molecule has 1 rings (SSSR count). The summed E-state index contributed by atoms with van der Waals surface area (Å²) in [5.41, 5.74) is -2.38. The molecule has 0 aliphatic rings. The third kappa shape index (κ3) is 2.64. The van der Waals surface area contributed by atoms with E-state index in [0.29, 0.717) is 6.07 Å². The van der Waals surface area contributed by atoms with Crippen molar-refractivity contribution < 1.29 is 22.4 Å². The fourth-order valence-electron chi connectivity index (χ4n) is 0.941. The quantitative estimate of drug-likeness (QED) is 0.440. The van der Waals surface area contributed by atoms with Crippen LogP contribution in [0.25, 0.3) is 0 Å². The molecule has 1 aromatic carbocycles. The van der Waals surface area contributed by atoms with E-state index in [1.165, 1.54) is 0 Å². The second kappa shape index (κ2) is 4.12. The molecule has 0 aromatic heterocycles. The normalized spacial score (nSPS) is 11.0. The highest BCUT2D eigenvalue weighted by Crippen LogP contribution is 2.39. The van der Waals surface area contributed by atoms with Crippen LogP contribution in [0.2, 0.25) is 0 Å². The first-order valence-corrected chi connectivity index (χ1v) is 4.29. The maximum atomic E-state index is 13.0. The van der Waals surface area contributed by atoms with E-state index in [2.05, 4.69) is 20.9 Å². The first-order valence-electron chi connectivity index (χ1n) is 3.50. The lowest BCUT2D eigenvalue weighted by Gasteiger charge is -2.09. The van der Waals surface area contributed by atoms with Crippen LogP contribution in [0.15, 0.2) is 21.6 Å². The van der Waals surface area contributed by atoms with Crippen LogP contribution >= 0.6 is 15.9 Å².